The summed E-state index contributed by atoms with van der Waals surface area (Å²) in [6.07, 6.45) is 1.93. The predicted molar refractivity (Wildman–Crippen MR) is 76.7 cm³/mol. The van der Waals surface area contributed by atoms with Gasteiger partial charge in [0.2, 0.25) is 0 Å². The summed E-state index contributed by atoms with van der Waals surface area (Å²) >= 11 is 0. The lowest BCUT2D eigenvalue weighted by Crippen LogP contribution is -2.42. The molecule has 0 saturated carbocycles. The Morgan fingerprint density at radius 1 is 1.50 bits per heavy atom. The SMILES string of the molecule is CC1(C)CCCN1C(=O)c1cc(F)ccc1C#CCN. The molecule has 1 amide bonds. The average Bonchev–Trinajstić information content (AvgIpc) is 2.76. The van der Waals surface area contributed by atoms with E-state index in [1.807, 2.05) is 13.8 Å². The zero-order chi connectivity index (χ0) is 14.8. The van der Waals surface area contributed by atoms with E-state index in [0.29, 0.717) is 17.7 Å². The van der Waals surface area contributed by atoms with E-state index in [9.17, 15) is 9.18 Å². The predicted octanol–water partition coefficient (Wildman–Crippen LogP) is 2.15. The molecule has 1 saturated heterocycles. The number of likely N-dealkylation sites (tertiary alicyclic amines) is 1. The molecule has 1 aromatic rings. The summed E-state index contributed by atoms with van der Waals surface area (Å²) in [5.41, 5.74) is 6.01. The maximum atomic E-state index is 13.5. The smallest absolute Gasteiger partial charge is 0.255 e. The van der Waals surface area contributed by atoms with Gasteiger partial charge in [-0.25, -0.2) is 4.39 Å². The van der Waals surface area contributed by atoms with Crippen LogP contribution in [-0.2, 0) is 0 Å². The van der Waals surface area contributed by atoms with Gasteiger partial charge in [-0.2, -0.15) is 0 Å². The molecule has 0 atom stereocenters. The first-order valence-electron chi connectivity index (χ1n) is 6.76. The number of rotatable bonds is 1. The second kappa shape index (κ2) is 5.64. The van der Waals surface area contributed by atoms with Gasteiger partial charge in [0.05, 0.1) is 12.1 Å². The lowest BCUT2D eigenvalue weighted by Gasteiger charge is -2.32. The van der Waals surface area contributed by atoms with Crippen LogP contribution in [0.5, 0.6) is 0 Å². The zero-order valence-electron chi connectivity index (χ0n) is 11.9. The highest BCUT2D eigenvalue weighted by atomic mass is 19.1. The van der Waals surface area contributed by atoms with Gasteiger partial charge in [-0.05, 0) is 44.9 Å². The van der Waals surface area contributed by atoms with Crippen LogP contribution in [0.15, 0.2) is 18.2 Å². The summed E-state index contributed by atoms with van der Waals surface area (Å²) in [4.78, 5) is 14.5. The van der Waals surface area contributed by atoms with E-state index >= 15 is 0 Å². The van der Waals surface area contributed by atoms with Crippen molar-refractivity contribution in [2.24, 2.45) is 5.73 Å². The summed E-state index contributed by atoms with van der Waals surface area (Å²) in [5.74, 6) is 4.97. The molecule has 0 aliphatic carbocycles. The Hall–Kier alpha value is -1.86. The Kier molecular flexibility index (Phi) is 4.10. The maximum absolute atomic E-state index is 13.5. The highest BCUT2D eigenvalue weighted by Gasteiger charge is 2.36. The van der Waals surface area contributed by atoms with Crippen LogP contribution in [0.4, 0.5) is 4.39 Å². The van der Waals surface area contributed by atoms with Crippen molar-refractivity contribution >= 4 is 5.91 Å². The van der Waals surface area contributed by atoms with Gasteiger partial charge in [-0.3, -0.25) is 4.79 Å². The molecule has 1 heterocycles. The molecule has 2 N–H and O–H groups in total. The Morgan fingerprint density at radius 3 is 2.85 bits per heavy atom. The van der Waals surface area contributed by atoms with Crippen molar-refractivity contribution in [2.45, 2.75) is 32.2 Å². The Morgan fingerprint density at radius 2 is 2.25 bits per heavy atom. The van der Waals surface area contributed by atoms with Crippen LogP contribution in [0.2, 0.25) is 0 Å². The number of benzene rings is 1. The molecule has 0 unspecified atom stereocenters. The highest BCUT2D eigenvalue weighted by Crippen LogP contribution is 2.30. The summed E-state index contributed by atoms with van der Waals surface area (Å²) < 4.78 is 13.5. The lowest BCUT2D eigenvalue weighted by atomic mass is 10.00. The minimum absolute atomic E-state index is 0.159. The third-order valence-electron chi connectivity index (χ3n) is 3.68. The van der Waals surface area contributed by atoms with Crippen LogP contribution in [0, 0.1) is 17.7 Å². The Balaban J connectivity index is 2.41. The van der Waals surface area contributed by atoms with Crippen LogP contribution in [0.1, 0.15) is 42.6 Å². The van der Waals surface area contributed by atoms with Crippen LogP contribution in [0.25, 0.3) is 0 Å². The van der Waals surface area contributed by atoms with E-state index in [4.69, 9.17) is 5.73 Å². The van der Waals surface area contributed by atoms with Crippen molar-refractivity contribution in [3.8, 4) is 11.8 Å². The van der Waals surface area contributed by atoms with E-state index in [1.54, 1.807) is 4.90 Å². The van der Waals surface area contributed by atoms with Gasteiger partial charge < -0.3 is 10.6 Å². The second-order valence-corrected chi connectivity index (χ2v) is 5.57. The first-order chi connectivity index (χ1) is 9.45. The maximum Gasteiger partial charge on any atom is 0.255 e. The summed E-state index contributed by atoms with van der Waals surface area (Å²) in [5, 5.41) is 0. The van der Waals surface area contributed by atoms with Gasteiger partial charge in [0.1, 0.15) is 5.82 Å². The summed E-state index contributed by atoms with van der Waals surface area (Å²) in [7, 11) is 0. The van der Waals surface area contributed by atoms with Crippen molar-refractivity contribution in [3.05, 3.63) is 35.1 Å². The fourth-order valence-electron chi connectivity index (χ4n) is 2.58. The van der Waals surface area contributed by atoms with Crippen LogP contribution in [-0.4, -0.2) is 29.4 Å². The van der Waals surface area contributed by atoms with Crippen LogP contribution < -0.4 is 5.73 Å². The van der Waals surface area contributed by atoms with Crippen molar-refractivity contribution in [3.63, 3.8) is 0 Å². The lowest BCUT2D eigenvalue weighted by molar-refractivity contribution is 0.0651. The molecule has 1 fully saturated rings. The van der Waals surface area contributed by atoms with Crippen molar-refractivity contribution in [1.82, 2.24) is 4.90 Å². The van der Waals surface area contributed by atoms with E-state index in [1.165, 1.54) is 18.2 Å². The number of carbonyl (C=O) groups is 1. The van der Waals surface area contributed by atoms with E-state index in [2.05, 4.69) is 11.8 Å². The molecule has 0 bridgehead atoms. The van der Waals surface area contributed by atoms with E-state index in [0.717, 1.165) is 12.8 Å². The fourth-order valence-corrected chi connectivity index (χ4v) is 2.58. The number of hydrogen-bond donors (Lipinski definition) is 1. The number of hydrogen-bond acceptors (Lipinski definition) is 2. The summed E-state index contributed by atoms with van der Waals surface area (Å²) in [6, 6.07) is 4.11. The first-order valence-corrected chi connectivity index (χ1v) is 6.76. The Bertz CT molecular complexity index is 584. The quantitative estimate of drug-likeness (QED) is 0.798. The normalized spacial score (nSPS) is 16.7. The van der Waals surface area contributed by atoms with E-state index < -0.39 is 5.82 Å². The molecule has 0 radical (unpaired) electrons. The van der Waals surface area contributed by atoms with Crippen LogP contribution >= 0.6 is 0 Å². The standard InChI is InChI=1S/C16H19FN2O/c1-16(2)8-4-10-19(16)15(20)14-11-13(17)7-6-12(14)5-3-9-18/h6-7,11H,4,8-10,18H2,1-2H3. The minimum atomic E-state index is -0.427. The topological polar surface area (TPSA) is 46.3 Å². The molecular formula is C16H19FN2O. The number of carbonyl (C=O) groups excluding carboxylic acids is 1. The first kappa shape index (κ1) is 14.5. The molecule has 0 spiro atoms. The monoisotopic (exact) mass is 274 g/mol. The number of nitrogens with zero attached hydrogens (tertiary/aromatic N) is 1. The van der Waals surface area contributed by atoms with Crippen molar-refractivity contribution in [2.75, 3.05) is 13.1 Å². The van der Waals surface area contributed by atoms with Gasteiger partial charge in [-0.1, -0.05) is 11.8 Å². The highest BCUT2D eigenvalue weighted by molar-refractivity contribution is 5.97. The molecule has 3 nitrogen and oxygen atoms in total. The largest absolute Gasteiger partial charge is 0.333 e. The second-order valence-electron chi connectivity index (χ2n) is 5.57. The van der Waals surface area contributed by atoms with Crippen molar-refractivity contribution in [1.29, 1.82) is 0 Å². The third kappa shape index (κ3) is 2.83. The van der Waals surface area contributed by atoms with Gasteiger partial charge in [0.25, 0.3) is 5.91 Å². The third-order valence-corrected chi connectivity index (χ3v) is 3.68. The molecule has 1 aliphatic rings. The molecule has 2 rings (SSSR count). The fraction of sp³-hybridized carbons (Fsp3) is 0.438. The minimum Gasteiger partial charge on any atom is -0.333 e. The van der Waals surface area contributed by atoms with Crippen molar-refractivity contribution < 1.29 is 9.18 Å². The van der Waals surface area contributed by atoms with Gasteiger partial charge in [-0.15, -0.1) is 0 Å². The molecule has 106 valence electrons. The molecule has 4 heteroatoms. The Labute approximate surface area is 119 Å². The molecule has 0 aromatic heterocycles. The number of nitrogens with two attached hydrogens (primary N) is 1. The van der Waals surface area contributed by atoms with Gasteiger partial charge >= 0.3 is 0 Å². The summed E-state index contributed by atoms with van der Waals surface area (Å²) in [6.45, 7) is 4.97. The molecular weight excluding hydrogens is 255 g/mol. The van der Waals surface area contributed by atoms with Gasteiger partial charge in [0.15, 0.2) is 0 Å². The average molecular weight is 274 g/mol. The molecule has 1 aliphatic heterocycles. The molecule has 1 aromatic carbocycles. The number of amides is 1. The van der Waals surface area contributed by atoms with E-state index in [-0.39, 0.29) is 18.0 Å². The molecule has 20 heavy (non-hydrogen) atoms. The zero-order valence-corrected chi connectivity index (χ0v) is 11.9. The van der Waals surface area contributed by atoms with Crippen LogP contribution in [0.3, 0.4) is 0 Å². The number of halogens is 1. The van der Waals surface area contributed by atoms with Gasteiger partial charge in [0, 0.05) is 17.6 Å².